The van der Waals surface area contributed by atoms with Crippen molar-refractivity contribution >= 4 is 34.4 Å². The molecule has 2 bridgehead atoms. The van der Waals surface area contributed by atoms with Crippen LogP contribution in [0.15, 0.2) is 58.9 Å². The third kappa shape index (κ3) is 2.75. The van der Waals surface area contributed by atoms with Crippen LogP contribution in [0.2, 0.25) is 0 Å². The highest BCUT2D eigenvalue weighted by atomic mass is 16.5. The number of carbonyl (C=O) groups is 3. The van der Waals surface area contributed by atoms with Crippen LogP contribution >= 0.6 is 0 Å². The first-order valence-electron chi connectivity index (χ1n) is 11.3. The van der Waals surface area contributed by atoms with Crippen LogP contribution in [0.3, 0.4) is 0 Å². The van der Waals surface area contributed by atoms with Crippen molar-refractivity contribution in [3.05, 3.63) is 70.3 Å². The number of methoxy groups -OCH3 is 3. The van der Waals surface area contributed by atoms with E-state index < -0.39 is 41.2 Å². The molecule has 7 rings (SSSR count). The van der Waals surface area contributed by atoms with E-state index in [0.29, 0.717) is 28.5 Å². The molecule has 2 aromatic carbocycles. The Kier molecular flexibility index (Phi) is 4.75. The monoisotopic (exact) mass is 487 g/mol. The predicted octanol–water partition coefficient (Wildman–Crippen LogP) is 1.97. The summed E-state index contributed by atoms with van der Waals surface area (Å²) < 4.78 is 17.1. The minimum Gasteiger partial charge on any atom is -0.493 e. The van der Waals surface area contributed by atoms with Gasteiger partial charge in [-0.15, -0.1) is 0 Å². The van der Waals surface area contributed by atoms with E-state index in [1.807, 2.05) is 0 Å². The number of hydrogen-bond donors (Lipinski definition) is 0. The molecule has 0 saturated carbocycles. The summed E-state index contributed by atoms with van der Waals surface area (Å²) in [5.41, 5.74) is 0.510. The van der Waals surface area contributed by atoms with E-state index in [9.17, 15) is 19.2 Å². The smallest absolute Gasteiger partial charge is 0.335 e. The molecule has 4 aliphatic rings. The third-order valence-corrected chi connectivity index (χ3v) is 7.25. The Labute approximate surface area is 204 Å². The summed E-state index contributed by atoms with van der Waals surface area (Å²) in [7, 11) is 4.17. The van der Waals surface area contributed by atoms with Crippen LogP contribution in [0, 0.1) is 11.8 Å². The summed E-state index contributed by atoms with van der Waals surface area (Å²) >= 11 is 0. The van der Waals surface area contributed by atoms with Crippen LogP contribution in [0.5, 0.6) is 11.5 Å². The first-order valence-corrected chi connectivity index (χ1v) is 11.3. The highest BCUT2D eigenvalue weighted by Crippen LogP contribution is 2.55. The fourth-order valence-electron chi connectivity index (χ4n) is 5.73. The zero-order valence-electron chi connectivity index (χ0n) is 19.6. The number of nitrogens with zero attached hydrogens (tertiary/aromatic N) is 3. The van der Waals surface area contributed by atoms with Crippen molar-refractivity contribution in [2.45, 2.75) is 12.0 Å². The van der Waals surface area contributed by atoms with Gasteiger partial charge in [-0.1, -0.05) is 24.3 Å². The number of carbonyl (C=O) groups excluding carboxylic acids is 3. The number of benzene rings is 2. The van der Waals surface area contributed by atoms with Gasteiger partial charge in [0.25, 0.3) is 5.56 Å². The molecule has 10 nitrogen and oxygen atoms in total. The predicted molar refractivity (Wildman–Crippen MR) is 127 cm³/mol. The Morgan fingerprint density at radius 1 is 0.917 bits per heavy atom. The van der Waals surface area contributed by atoms with E-state index in [1.54, 1.807) is 42.5 Å². The van der Waals surface area contributed by atoms with Gasteiger partial charge in [-0.3, -0.25) is 19.0 Å². The molecule has 3 aromatic rings. The molecule has 1 saturated heterocycles. The number of anilines is 1. The molecular formula is C26H21N3O7. The van der Waals surface area contributed by atoms with Crippen molar-refractivity contribution < 1.29 is 28.6 Å². The lowest BCUT2D eigenvalue weighted by Crippen LogP contribution is -2.49. The molecule has 0 unspecified atom stereocenters. The molecule has 3 aliphatic heterocycles. The highest BCUT2D eigenvalue weighted by molar-refractivity contribution is 6.23. The maximum absolute atomic E-state index is 13.9. The van der Waals surface area contributed by atoms with Gasteiger partial charge in [0.05, 0.1) is 61.4 Å². The van der Waals surface area contributed by atoms with Crippen molar-refractivity contribution in [3.8, 4) is 11.5 Å². The molecule has 36 heavy (non-hydrogen) atoms. The van der Waals surface area contributed by atoms with E-state index in [0.717, 1.165) is 4.90 Å². The maximum atomic E-state index is 13.9. The number of allylic oxidation sites excluding steroid dienone is 1. The van der Waals surface area contributed by atoms with Gasteiger partial charge in [-0.05, 0) is 18.2 Å². The van der Waals surface area contributed by atoms with Gasteiger partial charge in [0.1, 0.15) is 5.82 Å². The Morgan fingerprint density at radius 3 is 2.25 bits per heavy atom. The van der Waals surface area contributed by atoms with Crippen LogP contribution < -0.4 is 19.9 Å². The molecule has 0 radical (unpaired) electrons. The lowest BCUT2D eigenvalue weighted by molar-refractivity contribution is -0.138. The van der Waals surface area contributed by atoms with Crippen LogP contribution in [-0.4, -0.2) is 48.7 Å². The van der Waals surface area contributed by atoms with Gasteiger partial charge in [0.2, 0.25) is 11.8 Å². The molecule has 1 aromatic heterocycles. The van der Waals surface area contributed by atoms with Gasteiger partial charge in [-0.2, -0.15) is 0 Å². The number of amides is 2. The molecular weight excluding hydrogens is 466 g/mol. The number of ether oxygens (including phenoxy) is 3. The standard InChI is InChI=1S/C26H21N3O7/c1-34-17-10-13-16(11-18(17)35-2)27-22-14-9-15(26(33)36-3)21(29(22)23(13)30)20-19(14)24(31)28(25(20)32)12-7-5-4-6-8-12/h4-11,14,19-21H,1-3H3/t14-,19+,20+,21+/m0/s1. The van der Waals surface area contributed by atoms with Crippen LogP contribution in [0.1, 0.15) is 17.8 Å². The number of fused-ring (bicyclic) bond motifs is 1. The van der Waals surface area contributed by atoms with Crippen LogP contribution in [-0.2, 0) is 19.1 Å². The van der Waals surface area contributed by atoms with Gasteiger partial charge < -0.3 is 14.2 Å². The van der Waals surface area contributed by atoms with Gasteiger partial charge in [0, 0.05) is 12.0 Å². The molecule has 182 valence electrons. The van der Waals surface area contributed by atoms with Crippen LogP contribution in [0.25, 0.3) is 10.9 Å². The quantitative estimate of drug-likeness (QED) is 0.405. The molecule has 4 atom stereocenters. The normalized spacial score (nSPS) is 23.9. The van der Waals surface area contributed by atoms with Gasteiger partial charge >= 0.3 is 5.97 Å². The summed E-state index contributed by atoms with van der Waals surface area (Å²) in [6.07, 6.45) is 1.62. The summed E-state index contributed by atoms with van der Waals surface area (Å²) in [5.74, 6) is -2.99. The minimum atomic E-state index is -1.04. The summed E-state index contributed by atoms with van der Waals surface area (Å²) in [6.45, 7) is 0. The fourth-order valence-corrected chi connectivity index (χ4v) is 5.73. The number of aromatic nitrogens is 2. The van der Waals surface area contributed by atoms with Crippen molar-refractivity contribution in [3.63, 3.8) is 0 Å². The Balaban J connectivity index is 1.61. The van der Waals surface area contributed by atoms with Crippen molar-refractivity contribution in [2.24, 2.45) is 11.8 Å². The van der Waals surface area contributed by atoms with E-state index in [-0.39, 0.29) is 16.9 Å². The van der Waals surface area contributed by atoms with E-state index in [4.69, 9.17) is 19.2 Å². The second kappa shape index (κ2) is 7.77. The summed E-state index contributed by atoms with van der Waals surface area (Å²) in [5, 5.41) is 0.237. The number of imide groups is 1. The zero-order valence-corrected chi connectivity index (χ0v) is 19.6. The van der Waals surface area contributed by atoms with Crippen molar-refractivity contribution in [1.29, 1.82) is 0 Å². The van der Waals surface area contributed by atoms with Crippen LogP contribution in [0.4, 0.5) is 5.69 Å². The van der Waals surface area contributed by atoms with Crippen molar-refractivity contribution in [2.75, 3.05) is 26.2 Å². The van der Waals surface area contributed by atoms with Gasteiger partial charge in [0.15, 0.2) is 11.5 Å². The molecule has 4 heterocycles. The first kappa shape index (κ1) is 22.0. The number of para-hydroxylation sites is 1. The summed E-state index contributed by atoms with van der Waals surface area (Å²) in [6, 6.07) is 10.7. The molecule has 1 aliphatic carbocycles. The Morgan fingerprint density at radius 2 is 1.58 bits per heavy atom. The largest absolute Gasteiger partial charge is 0.493 e. The molecule has 0 spiro atoms. The number of rotatable bonds is 4. The average molecular weight is 487 g/mol. The fraction of sp³-hybridized carbons (Fsp3) is 0.269. The zero-order chi connectivity index (χ0) is 25.3. The lowest BCUT2D eigenvalue weighted by atomic mass is 9.67. The van der Waals surface area contributed by atoms with Crippen molar-refractivity contribution in [1.82, 2.24) is 9.55 Å². The maximum Gasteiger partial charge on any atom is 0.335 e. The highest BCUT2D eigenvalue weighted by Gasteiger charge is 2.62. The minimum absolute atomic E-state index is 0.163. The lowest BCUT2D eigenvalue weighted by Gasteiger charge is -2.42. The summed E-state index contributed by atoms with van der Waals surface area (Å²) in [4.78, 5) is 59.9. The van der Waals surface area contributed by atoms with E-state index in [2.05, 4.69) is 0 Å². The second-order valence-electron chi connectivity index (χ2n) is 8.85. The van der Waals surface area contributed by atoms with E-state index in [1.165, 1.54) is 32.0 Å². The molecule has 1 fully saturated rings. The topological polar surface area (TPSA) is 117 Å². The second-order valence-corrected chi connectivity index (χ2v) is 8.85. The molecule has 2 amide bonds. The molecule has 0 N–H and O–H groups in total. The molecule has 10 heteroatoms. The Bertz CT molecular complexity index is 1560. The number of hydrogen-bond acceptors (Lipinski definition) is 8. The SMILES string of the molecule is COC(=O)C1=C[C@@H]2c3nc4cc(OC)c(OC)cc4c(=O)n3[C@H]1[C@@H]1C(=O)N(c3ccccc3)C(=O)[C@@H]12. The first-order chi connectivity index (χ1) is 17.4. The van der Waals surface area contributed by atoms with E-state index >= 15 is 0 Å². The van der Waals surface area contributed by atoms with Gasteiger partial charge in [-0.25, -0.2) is 14.7 Å². The number of esters is 1. The Hall–Kier alpha value is -4.47. The average Bonchev–Trinajstić information content (AvgIpc) is 3.18. The third-order valence-electron chi connectivity index (χ3n) is 7.25.